The number of amides is 1. The van der Waals surface area contributed by atoms with E-state index in [1.165, 1.54) is 23.5 Å². The summed E-state index contributed by atoms with van der Waals surface area (Å²) in [5, 5.41) is 3.85. The average Bonchev–Trinajstić information content (AvgIpc) is 2.71. The Balaban J connectivity index is 2.15. The maximum Gasteiger partial charge on any atom is 0.262 e. The van der Waals surface area contributed by atoms with E-state index in [9.17, 15) is 9.18 Å². The van der Waals surface area contributed by atoms with Crippen LogP contribution in [0.25, 0.3) is 10.1 Å². The molecule has 0 unspecified atom stereocenters. The van der Waals surface area contributed by atoms with E-state index in [2.05, 4.69) is 5.32 Å². The Morgan fingerprint density at radius 1 is 1.53 bits per heavy atom. The summed E-state index contributed by atoms with van der Waals surface area (Å²) in [6.45, 7) is 1.11. The van der Waals surface area contributed by atoms with E-state index >= 15 is 0 Å². The fraction of sp³-hybridized carbons (Fsp3) is 0.308. The molecular formula is C13H13ClFNO2S. The number of ether oxygens (including phenoxy) is 1. The Morgan fingerprint density at radius 3 is 3.05 bits per heavy atom. The first-order chi connectivity index (χ1) is 9.13. The molecule has 2 aromatic rings. The van der Waals surface area contributed by atoms with Gasteiger partial charge in [0.05, 0.1) is 5.02 Å². The average molecular weight is 302 g/mol. The van der Waals surface area contributed by atoms with Gasteiger partial charge in [0.25, 0.3) is 5.91 Å². The van der Waals surface area contributed by atoms with Crippen molar-refractivity contribution in [3.63, 3.8) is 0 Å². The first-order valence-corrected chi connectivity index (χ1v) is 6.97. The lowest BCUT2D eigenvalue weighted by Crippen LogP contribution is -2.24. The number of benzene rings is 1. The summed E-state index contributed by atoms with van der Waals surface area (Å²) in [7, 11) is 1.61. The van der Waals surface area contributed by atoms with E-state index in [0.29, 0.717) is 33.1 Å². The minimum Gasteiger partial charge on any atom is -0.385 e. The summed E-state index contributed by atoms with van der Waals surface area (Å²) in [6.07, 6.45) is 0.735. The van der Waals surface area contributed by atoms with Gasteiger partial charge < -0.3 is 10.1 Å². The summed E-state index contributed by atoms with van der Waals surface area (Å²) in [4.78, 5) is 12.4. The molecule has 1 amide bonds. The van der Waals surface area contributed by atoms with Gasteiger partial charge >= 0.3 is 0 Å². The number of halogens is 2. The number of rotatable bonds is 5. The first-order valence-electron chi connectivity index (χ1n) is 5.78. The molecule has 0 saturated heterocycles. The highest BCUT2D eigenvalue weighted by Gasteiger charge is 2.16. The Morgan fingerprint density at radius 2 is 2.32 bits per heavy atom. The van der Waals surface area contributed by atoms with Gasteiger partial charge in [-0.25, -0.2) is 4.39 Å². The lowest BCUT2D eigenvalue weighted by atomic mass is 10.2. The molecule has 1 aromatic heterocycles. The lowest BCUT2D eigenvalue weighted by molar-refractivity contribution is 0.0953. The number of thiophene rings is 1. The molecule has 102 valence electrons. The SMILES string of the molecule is COCCCNC(=O)c1sc2cc(F)ccc2c1Cl. The fourth-order valence-electron chi connectivity index (χ4n) is 1.68. The van der Waals surface area contributed by atoms with Crippen LogP contribution in [-0.4, -0.2) is 26.2 Å². The van der Waals surface area contributed by atoms with Crippen LogP contribution in [0.5, 0.6) is 0 Å². The van der Waals surface area contributed by atoms with Crippen LogP contribution in [-0.2, 0) is 4.74 Å². The molecule has 6 heteroatoms. The van der Waals surface area contributed by atoms with E-state index in [4.69, 9.17) is 16.3 Å². The third-order valence-corrected chi connectivity index (χ3v) is 4.26. The smallest absolute Gasteiger partial charge is 0.262 e. The van der Waals surface area contributed by atoms with Gasteiger partial charge in [-0.1, -0.05) is 11.6 Å². The number of nitrogens with one attached hydrogen (secondary N) is 1. The van der Waals surface area contributed by atoms with Crippen molar-refractivity contribution >= 4 is 38.9 Å². The molecule has 0 aliphatic rings. The van der Waals surface area contributed by atoms with Gasteiger partial charge in [0, 0.05) is 30.3 Å². The molecule has 0 radical (unpaired) electrons. The largest absolute Gasteiger partial charge is 0.385 e. The summed E-state index contributed by atoms with van der Waals surface area (Å²) in [5.74, 6) is -0.569. The molecule has 0 fully saturated rings. The molecule has 0 aliphatic heterocycles. The van der Waals surface area contributed by atoms with Crippen LogP contribution < -0.4 is 5.32 Å². The number of carbonyl (C=O) groups excluding carboxylic acids is 1. The van der Waals surface area contributed by atoms with Crippen LogP contribution in [0.1, 0.15) is 16.1 Å². The van der Waals surface area contributed by atoms with Crippen LogP contribution in [0.3, 0.4) is 0 Å². The van der Waals surface area contributed by atoms with Crippen molar-refractivity contribution in [2.45, 2.75) is 6.42 Å². The monoisotopic (exact) mass is 301 g/mol. The highest BCUT2D eigenvalue weighted by molar-refractivity contribution is 7.21. The molecule has 1 N–H and O–H groups in total. The summed E-state index contributed by atoms with van der Waals surface area (Å²) >= 11 is 7.34. The van der Waals surface area contributed by atoms with Crippen molar-refractivity contribution in [3.05, 3.63) is 33.9 Å². The van der Waals surface area contributed by atoms with Gasteiger partial charge in [-0.2, -0.15) is 0 Å². The van der Waals surface area contributed by atoms with Crippen LogP contribution >= 0.6 is 22.9 Å². The molecule has 3 nitrogen and oxygen atoms in total. The molecule has 2 rings (SSSR count). The van der Waals surface area contributed by atoms with Gasteiger partial charge in [-0.3, -0.25) is 4.79 Å². The number of methoxy groups -OCH3 is 1. The number of hydrogen-bond acceptors (Lipinski definition) is 3. The fourth-order valence-corrected chi connectivity index (χ4v) is 3.14. The third-order valence-electron chi connectivity index (χ3n) is 2.61. The molecule has 0 spiro atoms. The molecule has 19 heavy (non-hydrogen) atoms. The van der Waals surface area contributed by atoms with Crippen molar-refractivity contribution in [1.82, 2.24) is 5.32 Å². The van der Waals surface area contributed by atoms with Gasteiger partial charge in [-0.15, -0.1) is 11.3 Å². The normalized spacial score (nSPS) is 10.9. The van der Waals surface area contributed by atoms with E-state index < -0.39 is 0 Å². The maximum absolute atomic E-state index is 13.1. The summed E-state index contributed by atoms with van der Waals surface area (Å²) < 4.78 is 18.7. The van der Waals surface area contributed by atoms with Gasteiger partial charge in [-0.05, 0) is 24.6 Å². The van der Waals surface area contributed by atoms with Crippen LogP contribution in [0.4, 0.5) is 4.39 Å². The van der Waals surface area contributed by atoms with Crippen molar-refractivity contribution in [3.8, 4) is 0 Å². The Labute approximate surface area is 119 Å². The molecule has 0 saturated carbocycles. The lowest BCUT2D eigenvalue weighted by Gasteiger charge is -2.03. The minimum absolute atomic E-state index is 0.234. The second-order valence-electron chi connectivity index (χ2n) is 3.99. The zero-order valence-electron chi connectivity index (χ0n) is 10.3. The van der Waals surface area contributed by atoms with Crippen LogP contribution in [0.15, 0.2) is 18.2 Å². The van der Waals surface area contributed by atoms with E-state index in [0.717, 1.165) is 6.42 Å². The Hall–Kier alpha value is -1.17. The second-order valence-corrected chi connectivity index (χ2v) is 5.42. The Bertz CT molecular complexity index is 600. The maximum atomic E-state index is 13.1. The predicted octanol–water partition coefficient (Wildman–Crippen LogP) is 3.46. The van der Waals surface area contributed by atoms with Gasteiger partial charge in [0.2, 0.25) is 0 Å². The molecule has 1 heterocycles. The number of carbonyl (C=O) groups is 1. The predicted molar refractivity (Wildman–Crippen MR) is 75.6 cm³/mol. The quantitative estimate of drug-likeness (QED) is 0.859. The van der Waals surface area contributed by atoms with Crippen molar-refractivity contribution in [1.29, 1.82) is 0 Å². The van der Waals surface area contributed by atoms with E-state index in [-0.39, 0.29) is 11.7 Å². The first kappa shape index (κ1) is 14.2. The summed E-state index contributed by atoms with van der Waals surface area (Å²) in [5.41, 5.74) is 0. The zero-order chi connectivity index (χ0) is 13.8. The third kappa shape index (κ3) is 3.23. The van der Waals surface area contributed by atoms with Gasteiger partial charge in [0.1, 0.15) is 10.7 Å². The molecule has 0 bridgehead atoms. The number of fused-ring (bicyclic) bond motifs is 1. The topological polar surface area (TPSA) is 38.3 Å². The van der Waals surface area contributed by atoms with Crippen molar-refractivity contribution < 1.29 is 13.9 Å². The highest BCUT2D eigenvalue weighted by atomic mass is 35.5. The van der Waals surface area contributed by atoms with E-state index in [1.807, 2.05) is 0 Å². The minimum atomic E-state index is -0.336. The van der Waals surface area contributed by atoms with Crippen LogP contribution in [0.2, 0.25) is 5.02 Å². The molecule has 0 aliphatic carbocycles. The number of hydrogen-bond donors (Lipinski definition) is 1. The standard InChI is InChI=1S/C13H13ClFNO2S/c1-18-6-2-5-16-13(17)12-11(14)9-4-3-8(15)7-10(9)19-12/h3-4,7H,2,5-6H2,1H3,(H,16,17). The highest BCUT2D eigenvalue weighted by Crippen LogP contribution is 2.35. The van der Waals surface area contributed by atoms with E-state index in [1.54, 1.807) is 13.2 Å². The summed E-state index contributed by atoms with van der Waals surface area (Å²) in [6, 6.07) is 4.31. The van der Waals surface area contributed by atoms with Crippen molar-refractivity contribution in [2.75, 3.05) is 20.3 Å². The zero-order valence-corrected chi connectivity index (χ0v) is 11.9. The molecule has 0 atom stereocenters. The second kappa shape index (κ2) is 6.32. The molecule has 1 aromatic carbocycles. The molecular weight excluding hydrogens is 289 g/mol. The Kier molecular flexibility index (Phi) is 4.74. The van der Waals surface area contributed by atoms with Crippen molar-refractivity contribution in [2.24, 2.45) is 0 Å². The van der Waals surface area contributed by atoms with Crippen LogP contribution in [0, 0.1) is 5.82 Å². The van der Waals surface area contributed by atoms with Gasteiger partial charge in [0.15, 0.2) is 0 Å².